The van der Waals surface area contributed by atoms with E-state index in [2.05, 4.69) is 121 Å². The SMILES string of the molecule is C1=CC2CC1C1C3CC(C4CCC5CC5C4)C(C3)C21.C1=CC2CC1C1C3CC(c4ccccc4)C(C3)C21.C1=CC2CC1C1C3CC(c4ccccc4)C(C3)C21.CC1=CC(=O)N(CC2CC3CC2C2C4C=CC(C4)C32)C1=O.O=C1C=CC(=O)N1CC1CC2CC1C1C3C=CC(C3)C21. The molecule has 0 spiro atoms. The van der Waals surface area contributed by atoms with Gasteiger partial charge in [-0.25, -0.2) is 0 Å². The molecule has 0 aromatic heterocycles. The Bertz CT molecular complexity index is 3630. The van der Waals surface area contributed by atoms with Gasteiger partial charge in [-0.2, -0.15) is 0 Å². The van der Waals surface area contributed by atoms with Crippen molar-refractivity contribution in [2.75, 3.05) is 13.1 Å². The third kappa shape index (κ3) is 8.77. The quantitative estimate of drug-likeness (QED) is 0.157. The number of carbonyl (C=O) groups excluding carboxylic acids is 4. The number of carbonyl (C=O) groups is 4. The minimum absolute atomic E-state index is 0.0628. The summed E-state index contributed by atoms with van der Waals surface area (Å²) in [5.41, 5.74) is 3.84. The molecule has 2 aromatic rings. The summed E-state index contributed by atoms with van der Waals surface area (Å²) in [5.74, 6) is 36.0. The van der Waals surface area contributed by atoms with Gasteiger partial charge in [-0.05, 0) is 365 Å². The summed E-state index contributed by atoms with van der Waals surface area (Å²) >= 11 is 0. The zero-order valence-electron chi connectivity index (χ0n) is 57.1. The van der Waals surface area contributed by atoms with Gasteiger partial charge in [0.15, 0.2) is 0 Å². The van der Waals surface area contributed by atoms with E-state index in [1.54, 1.807) is 63.0 Å². The number of nitrogens with zero attached hydrogens (tertiary/aromatic N) is 2. The van der Waals surface area contributed by atoms with Crippen molar-refractivity contribution in [3.63, 3.8) is 0 Å². The molecule has 96 heavy (non-hydrogen) atoms. The molecule has 38 atom stereocenters. The second-order valence-electron chi connectivity index (χ2n) is 38.2. The van der Waals surface area contributed by atoms with E-state index in [-0.39, 0.29) is 23.6 Å². The van der Waals surface area contributed by atoms with E-state index in [0.29, 0.717) is 30.5 Å². The van der Waals surface area contributed by atoms with E-state index in [9.17, 15) is 19.2 Å². The molecule has 17 saturated carbocycles. The Hall–Kier alpha value is -5.10. The number of fused-ring (bicyclic) bond motifs is 46. The average Bonchev–Trinajstić information content (AvgIpc) is 1.60. The number of hydrogen-bond donors (Lipinski definition) is 0. The highest BCUT2D eigenvalue weighted by atomic mass is 16.2. The van der Waals surface area contributed by atoms with Crippen molar-refractivity contribution in [1.82, 2.24) is 9.80 Å². The van der Waals surface area contributed by atoms with E-state index in [0.717, 1.165) is 195 Å². The summed E-state index contributed by atoms with van der Waals surface area (Å²) in [6.07, 6.45) is 57.7. The molecule has 24 aliphatic rings. The fraction of sp³-hybridized carbons (Fsp3) is 0.667. The largest absolute Gasteiger partial charge is 0.275 e. The number of hydrogen-bond acceptors (Lipinski definition) is 4. The van der Waals surface area contributed by atoms with Crippen LogP contribution < -0.4 is 0 Å². The summed E-state index contributed by atoms with van der Waals surface area (Å²) in [4.78, 5) is 50.5. The van der Waals surface area contributed by atoms with Gasteiger partial charge >= 0.3 is 0 Å². The molecule has 6 nitrogen and oxygen atoms in total. The smallest absolute Gasteiger partial charge is 0.256 e. The molecule has 26 rings (SSSR count). The van der Waals surface area contributed by atoms with Crippen LogP contribution in [0.4, 0.5) is 0 Å². The standard InChI is InChI=1S/C19H26.C18H21NO2.2C18H20.C17H19NO2/c1-2-11(6-14-5-10(1)14)16-8-15-9-17(16)19-13-4-3-12(7-13)18(15)19;1-9-4-15(20)19(18(9)21)8-13-6-12-7-14(13)17-11-3-2-10(5-11)16(12)17;2*1-2-4-11(5-3-1)15-9-14-10-16(15)18-13-7-6-12(8-13)17(14)18;19-14-3-4-15(20)18(14)8-12-6-11-7-13(12)17-10-2-1-9(5-10)16(11)17/h3-4,10-19H,1-2,5-9H2;2-4,10-14,16-17H,5-8H2,1H3;2*1-7,12-18H,8-10H2;1-4,9-13,16-17H,5-8H2. The highest BCUT2D eigenvalue weighted by Gasteiger charge is 2.67. The van der Waals surface area contributed by atoms with E-state index in [1.807, 2.05) is 0 Å². The molecular weight excluding hydrogens is 1170 g/mol. The third-order valence-electron chi connectivity index (χ3n) is 35.2. The van der Waals surface area contributed by atoms with Crippen molar-refractivity contribution in [3.8, 4) is 0 Å². The first-order valence-corrected chi connectivity index (χ1v) is 40.7. The lowest BCUT2D eigenvalue weighted by molar-refractivity contribution is -0.139. The maximum absolute atomic E-state index is 12.1. The Kier molecular flexibility index (Phi) is 13.4. The number of imide groups is 2. The van der Waals surface area contributed by atoms with Crippen molar-refractivity contribution in [2.45, 2.75) is 141 Å². The van der Waals surface area contributed by atoms with Crippen LogP contribution in [0.5, 0.6) is 0 Å². The Morgan fingerprint density at radius 2 is 0.646 bits per heavy atom. The van der Waals surface area contributed by atoms with Crippen molar-refractivity contribution in [2.24, 2.45) is 213 Å². The van der Waals surface area contributed by atoms with Gasteiger partial charge in [0.1, 0.15) is 0 Å². The van der Waals surface area contributed by atoms with Gasteiger partial charge in [0.25, 0.3) is 23.6 Å². The minimum atomic E-state index is -0.109. The number of rotatable bonds is 7. The first-order valence-electron chi connectivity index (χ1n) is 40.7. The van der Waals surface area contributed by atoms with Crippen molar-refractivity contribution in [1.29, 1.82) is 0 Å². The molecule has 6 heteroatoms. The molecule has 500 valence electrons. The molecule has 22 aliphatic carbocycles. The lowest BCUT2D eigenvalue weighted by atomic mass is 9.64. The van der Waals surface area contributed by atoms with Crippen LogP contribution in [-0.2, 0) is 19.2 Å². The molecule has 2 aliphatic heterocycles. The molecule has 0 radical (unpaired) electrons. The molecule has 38 unspecified atom stereocenters. The number of amides is 4. The summed E-state index contributed by atoms with van der Waals surface area (Å²) < 4.78 is 0. The van der Waals surface area contributed by atoms with E-state index >= 15 is 0 Å². The summed E-state index contributed by atoms with van der Waals surface area (Å²) in [5, 5.41) is 0. The summed E-state index contributed by atoms with van der Waals surface area (Å²) in [6.45, 7) is 3.07. The molecule has 4 amide bonds. The van der Waals surface area contributed by atoms with Gasteiger partial charge in [-0.1, -0.05) is 121 Å². The van der Waals surface area contributed by atoms with Gasteiger partial charge in [-0.15, -0.1) is 0 Å². The lowest BCUT2D eigenvalue weighted by Gasteiger charge is -2.41. The van der Waals surface area contributed by atoms with Crippen LogP contribution in [0, 0.1) is 213 Å². The number of benzene rings is 2. The van der Waals surface area contributed by atoms with Crippen LogP contribution in [0.3, 0.4) is 0 Å². The van der Waals surface area contributed by atoms with E-state index in [1.165, 1.54) is 123 Å². The predicted molar refractivity (Wildman–Crippen MR) is 374 cm³/mol. The predicted octanol–water partition coefficient (Wildman–Crippen LogP) is 17.4. The second kappa shape index (κ2) is 22.0. The zero-order valence-corrected chi connectivity index (χ0v) is 57.1. The van der Waals surface area contributed by atoms with Gasteiger partial charge in [0.05, 0.1) is 0 Å². The van der Waals surface area contributed by atoms with Crippen LogP contribution in [0.25, 0.3) is 0 Å². The van der Waals surface area contributed by atoms with Crippen LogP contribution >= 0.6 is 0 Å². The highest BCUT2D eigenvalue weighted by Crippen LogP contribution is 2.74. The first kappa shape index (κ1) is 58.7. The molecule has 20 bridgehead atoms. The maximum Gasteiger partial charge on any atom is 0.256 e. The van der Waals surface area contributed by atoms with Crippen LogP contribution in [0.15, 0.2) is 145 Å². The Balaban J connectivity index is 0.0000000776. The van der Waals surface area contributed by atoms with E-state index in [4.69, 9.17) is 0 Å². The molecular formula is C90H106N2O4. The lowest BCUT2D eigenvalue weighted by Crippen LogP contribution is -2.40. The Morgan fingerprint density at radius 1 is 0.302 bits per heavy atom. The van der Waals surface area contributed by atoms with Gasteiger partial charge < -0.3 is 0 Å². The van der Waals surface area contributed by atoms with Crippen LogP contribution in [-0.4, -0.2) is 46.5 Å². The normalized spacial score (nSPS) is 53.9. The Labute approximate surface area is 572 Å². The van der Waals surface area contributed by atoms with Gasteiger partial charge in [0.2, 0.25) is 0 Å². The molecule has 0 N–H and O–H groups in total. The second-order valence-corrected chi connectivity index (χ2v) is 38.2. The van der Waals surface area contributed by atoms with Gasteiger partial charge in [0, 0.05) is 36.9 Å². The topological polar surface area (TPSA) is 74.8 Å². The molecule has 2 aromatic carbocycles. The monoisotopic (exact) mass is 1280 g/mol. The molecule has 17 fully saturated rings. The average molecular weight is 1280 g/mol. The van der Waals surface area contributed by atoms with Crippen molar-refractivity contribution >= 4 is 23.6 Å². The van der Waals surface area contributed by atoms with Crippen LogP contribution in [0.1, 0.15) is 152 Å². The van der Waals surface area contributed by atoms with Crippen LogP contribution in [0.2, 0.25) is 0 Å². The third-order valence-corrected chi connectivity index (χ3v) is 35.2. The first-order chi connectivity index (χ1) is 47.1. The Morgan fingerprint density at radius 3 is 1.07 bits per heavy atom. The molecule has 2 heterocycles. The zero-order chi connectivity index (χ0) is 63.2. The highest BCUT2D eigenvalue weighted by molar-refractivity contribution is 6.16. The minimum Gasteiger partial charge on any atom is -0.275 e. The fourth-order valence-corrected chi connectivity index (χ4v) is 32.7. The van der Waals surface area contributed by atoms with Crippen molar-refractivity contribution < 1.29 is 19.2 Å². The number of allylic oxidation sites excluding steroid dienone is 10. The fourth-order valence-electron chi connectivity index (χ4n) is 32.7. The summed E-state index contributed by atoms with van der Waals surface area (Å²) in [7, 11) is 0. The van der Waals surface area contributed by atoms with Crippen molar-refractivity contribution in [3.05, 3.63) is 156 Å². The summed E-state index contributed by atoms with van der Waals surface area (Å²) in [6, 6.07) is 22.7. The molecule has 0 saturated heterocycles. The van der Waals surface area contributed by atoms with Gasteiger partial charge in [-0.3, -0.25) is 29.0 Å². The van der Waals surface area contributed by atoms with E-state index < -0.39 is 0 Å². The maximum atomic E-state index is 12.1.